The SMILES string of the molecule is CN1CCN(C(=O)NC2(C(=O)O)CCCCC2)CC1(C)C. The maximum absolute atomic E-state index is 12.5. The second kappa shape index (κ2) is 5.83. The summed E-state index contributed by atoms with van der Waals surface area (Å²) in [5.41, 5.74) is -1.15. The quantitative estimate of drug-likeness (QED) is 0.810. The van der Waals surface area contributed by atoms with Crippen LogP contribution in [0.4, 0.5) is 4.79 Å². The predicted molar refractivity (Wildman–Crippen MR) is 80.3 cm³/mol. The summed E-state index contributed by atoms with van der Waals surface area (Å²) < 4.78 is 0. The van der Waals surface area contributed by atoms with Gasteiger partial charge in [-0.15, -0.1) is 0 Å². The van der Waals surface area contributed by atoms with Crippen LogP contribution in [0.3, 0.4) is 0 Å². The fourth-order valence-corrected chi connectivity index (χ4v) is 3.24. The third kappa shape index (κ3) is 3.31. The van der Waals surface area contributed by atoms with Crippen molar-refractivity contribution >= 4 is 12.0 Å². The number of carbonyl (C=O) groups excluding carboxylic acids is 1. The Kier molecular flexibility index (Phi) is 4.46. The van der Waals surface area contributed by atoms with Gasteiger partial charge in [-0.1, -0.05) is 19.3 Å². The molecule has 2 amide bonds. The third-order valence-electron chi connectivity index (χ3n) is 5.07. The molecular weight excluding hydrogens is 270 g/mol. The minimum atomic E-state index is -1.07. The molecule has 120 valence electrons. The van der Waals surface area contributed by atoms with E-state index in [0.717, 1.165) is 25.8 Å². The number of amides is 2. The summed E-state index contributed by atoms with van der Waals surface area (Å²) in [6, 6.07) is -0.236. The highest BCUT2D eigenvalue weighted by Crippen LogP contribution is 2.29. The lowest BCUT2D eigenvalue weighted by atomic mass is 9.82. The van der Waals surface area contributed by atoms with E-state index >= 15 is 0 Å². The molecule has 1 heterocycles. The van der Waals surface area contributed by atoms with Gasteiger partial charge in [-0.2, -0.15) is 0 Å². The number of aliphatic carboxylic acids is 1. The van der Waals surface area contributed by atoms with E-state index in [9.17, 15) is 14.7 Å². The van der Waals surface area contributed by atoms with E-state index < -0.39 is 11.5 Å². The zero-order chi connectivity index (χ0) is 15.7. The lowest BCUT2D eigenvalue weighted by Crippen LogP contribution is -2.64. The average molecular weight is 297 g/mol. The Balaban J connectivity index is 2.04. The number of likely N-dealkylation sites (N-methyl/N-ethyl adjacent to an activating group) is 1. The molecule has 6 nitrogen and oxygen atoms in total. The molecule has 2 fully saturated rings. The number of urea groups is 1. The second-order valence-electron chi connectivity index (χ2n) is 7.03. The van der Waals surface area contributed by atoms with Crippen LogP contribution in [0, 0.1) is 0 Å². The number of carboxylic acids is 1. The van der Waals surface area contributed by atoms with Crippen molar-refractivity contribution < 1.29 is 14.7 Å². The fraction of sp³-hybridized carbons (Fsp3) is 0.867. The van der Waals surface area contributed by atoms with E-state index in [4.69, 9.17) is 0 Å². The molecule has 0 atom stereocenters. The lowest BCUT2D eigenvalue weighted by molar-refractivity contribution is -0.146. The first kappa shape index (κ1) is 16.1. The van der Waals surface area contributed by atoms with Gasteiger partial charge in [0.1, 0.15) is 5.54 Å². The smallest absolute Gasteiger partial charge is 0.329 e. The van der Waals surface area contributed by atoms with Gasteiger partial charge in [0.2, 0.25) is 0 Å². The molecule has 0 aromatic heterocycles. The van der Waals surface area contributed by atoms with Crippen LogP contribution in [-0.2, 0) is 4.79 Å². The third-order valence-corrected chi connectivity index (χ3v) is 5.07. The number of piperazine rings is 1. The Bertz CT molecular complexity index is 416. The average Bonchev–Trinajstić information content (AvgIpc) is 2.42. The number of hydrogen-bond donors (Lipinski definition) is 2. The zero-order valence-corrected chi connectivity index (χ0v) is 13.3. The highest BCUT2D eigenvalue weighted by molar-refractivity contribution is 5.86. The lowest BCUT2D eigenvalue weighted by Gasteiger charge is -2.46. The van der Waals surface area contributed by atoms with Crippen molar-refractivity contribution in [3.8, 4) is 0 Å². The predicted octanol–water partition coefficient (Wildman–Crippen LogP) is 1.51. The summed E-state index contributed by atoms with van der Waals surface area (Å²) >= 11 is 0. The van der Waals surface area contributed by atoms with Crippen LogP contribution in [0.25, 0.3) is 0 Å². The molecular formula is C15H27N3O3. The van der Waals surface area contributed by atoms with Crippen molar-refractivity contribution in [2.45, 2.75) is 57.0 Å². The first-order valence-corrected chi connectivity index (χ1v) is 7.79. The molecule has 2 rings (SSSR count). The number of nitrogens with one attached hydrogen (secondary N) is 1. The first-order chi connectivity index (χ1) is 9.77. The maximum atomic E-state index is 12.5. The van der Waals surface area contributed by atoms with Crippen LogP contribution in [-0.4, -0.2) is 64.7 Å². The summed E-state index contributed by atoms with van der Waals surface area (Å²) in [5, 5.41) is 12.4. The Labute approximate surface area is 126 Å². The van der Waals surface area contributed by atoms with Crippen molar-refractivity contribution in [1.82, 2.24) is 15.1 Å². The summed E-state index contributed by atoms with van der Waals surface area (Å²) in [6.07, 6.45) is 3.84. The molecule has 0 aromatic rings. The van der Waals surface area contributed by atoms with Crippen LogP contribution in [0.1, 0.15) is 46.0 Å². The highest BCUT2D eigenvalue weighted by Gasteiger charge is 2.43. The van der Waals surface area contributed by atoms with E-state index in [1.165, 1.54) is 0 Å². The summed E-state index contributed by atoms with van der Waals surface area (Å²) in [6.45, 7) is 6.26. The minimum absolute atomic E-state index is 0.0848. The van der Waals surface area contributed by atoms with Gasteiger partial charge in [0, 0.05) is 25.2 Å². The number of carboxylic acid groups (broad SMARTS) is 1. The second-order valence-corrected chi connectivity index (χ2v) is 7.03. The Morgan fingerprint density at radius 3 is 2.24 bits per heavy atom. The minimum Gasteiger partial charge on any atom is -0.480 e. The van der Waals surface area contributed by atoms with Gasteiger partial charge >= 0.3 is 12.0 Å². The fourth-order valence-electron chi connectivity index (χ4n) is 3.24. The molecule has 1 aliphatic heterocycles. The van der Waals surface area contributed by atoms with Gasteiger partial charge in [0.25, 0.3) is 0 Å². The van der Waals surface area contributed by atoms with Crippen LogP contribution in [0.2, 0.25) is 0 Å². The monoisotopic (exact) mass is 297 g/mol. The van der Waals surface area contributed by atoms with Crippen molar-refractivity contribution in [2.75, 3.05) is 26.7 Å². The number of rotatable bonds is 2. The number of hydrogen-bond acceptors (Lipinski definition) is 3. The summed E-state index contributed by atoms with van der Waals surface area (Å²) in [4.78, 5) is 28.1. The van der Waals surface area contributed by atoms with Crippen molar-refractivity contribution in [1.29, 1.82) is 0 Å². The Hall–Kier alpha value is -1.30. The maximum Gasteiger partial charge on any atom is 0.329 e. The number of carbonyl (C=O) groups is 2. The molecule has 0 bridgehead atoms. The van der Waals surface area contributed by atoms with Gasteiger partial charge in [-0.25, -0.2) is 9.59 Å². The molecule has 1 saturated heterocycles. The van der Waals surface area contributed by atoms with Gasteiger partial charge < -0.3 is 15.3 Å². The molecule has 2 aliphatic rings. The topological polar surface area (TPSA) is 72.9 Å². The molecule has 0 radical (unpaired) electrons. The van der Waals surface area contributed by atoms with E-state index in [-0.39, 0.29) is 11.6 Å². The Morgan fingerprint density at radius 1 is 1.10 bits per heavy atom. The molecule has 2 N–H and O–H groups in total. The standard InChI is InChI=1S/C15H27N3O3/c1-14(2)11-18(10-9-17(14)3)13(21)16-15(12(19)20)7-5-4-6-8-15/h4-11H2,1-3H3,(H,16,21)(H,19,20). The first-order valence-electron chi connectivity index (χ1n) is 7.79. The van der Waals surface area contributed by atoms with E-state index in [1.807, 2.05) is 0 Å². The van der Waals surface area contributed by atoms with Gasteiger partial charge in [-0.05, 0) is 33.7 Å². The van der Waals surface area contributed by atoms with Crippen molar-refractivity contribution in [3.63, 3.8) is 0 Å². The molecule has 1 saturated carbocycles. The summed E-state index contributed by atoms with van der Waals surface area (Å²) in [7, 11) is 2.05. The van der Waals surface area contributed by atoms with Gasteiger partial charge in [-0.3, -0.25) is 4.90 Å². The molecule has 0 unspecified atom stereocenters. The highest BCUT2D eigenvalue weighted by atomic mass is 16.4. The molecule has 6 heteroatoms. The van der Waals surface area contributed by atoms with Gasteiger partial charge in [0.05, 0.1) is 0 Å². The van der Waals surface area contributed by atoms with E-state index in [1.54, 1.807) is 4.90 Å². The zero-order valence-electron chi connectivity index (χ0n) is 13.3. The van der Waals surface area contributed by atoms with Crippen LogP contribution >= 0.6 is 0 Å². The van der Waals surface area contributed by atoms with Crippen molar-refractivity contribution in [3.05, 3.63) is 0 Å². The summed E-state index contributed by atoms with van der Waals surface area (Å²) in [5.74, 6) is -0.899. The normalized spacial score (nSPS) is 25.4. The molecule has 1 aliphatic carbocycles. The molecule has 0 aromatic carbocycles. The number of nitrogens with zero attached hydrogens (tertiary/aromatic N) is 2. The van der Waals surface area contributed by atoms with E-state index in [0.29, 0.717) is 25.9 Å². The molecule has 0 spiro atoms. The van der Waals surface area contributed by atoms with Gasteiger partial charge in [0.15, 0.2) is 0 Å². The van der Waals surface area contributed by atoms with E-state index in [2.05, 4.69) is 31.1 Å². The van der Waals surface area contributed by atoms with Crippen LogP contribution in [0.5, 0.6) is 0 Å². The van der Waals surface area contributed by atoms with Crippen LogP contribution < -0.4 is 5.32 Å². The van der Waals surface area contributed by atoms with Crippen LogP contribution in [0.15, 0.2) is 0 Å². The van der Waals surface area contributed by atoms with Crippen molar-refractivity contribution in [2.24, 2.45) is 0 Å². The molecule has 21 heavy (non-hydrogen) atoms. The Morgan fingerprint density at radius 2 is 1.71 bits per heavy atom. The largest absolute Gasteiger partial charge is 0.480 e.